The molecule has 0 amide bonds. The van der Waals surface area contributed by atoms with Gasteiger partial charge in [-0.05, 0) is 154 Å². The minimum Gasteiger partial charge on any atom is -0.462 e. The lowest BCUT2D eigenvalue weighted by atomic mass is 10.1. The molecule has 0 N–H and O–H groups in total. The molecule has 0 aromatic heterocycles. The van der Waals surface area contributed by atoms with E-state index in [0.717, 1.165) is 180 Å². The Hall–Kier alpha value is -4.53. The van der Waals surface area contributed by atoms with E-state index >= 15 is 0 Å². The van der Waals surface area contributed by atoms with Crippen molar-refractivity contribution in [2.45, 2.75) is 354 Å². The number of hydrogen-bond acceptors (Lipinski definition) is 9. The standard InChI is InChI=1S/C77H130O9/c1-5-9-13-17-21-25-29-33-37-41-45-49-53-57-61-65-73(79)83-70-72(85-75(81)67-63-59-55-51-47-43-39-35-31-27-23-19-15-11-7-3)77(86-76(82)68-64-60-56-52-48-44-40-36-32-28-24-20-16-12-8-4)71(69-78)84-74(80)66-62-58-54-50-46-42-38-34-30-26-22-18-14-10-6-2/h21-28,33-40,69,71-72,77H,5-20,29-32,41-68,70H2,1-4H3/t71-,72+,77+/m0/s1. The van der Waals surface area contributed by atoms with E-state index in [2.05, 4.69) is 125 Å². The molecule has 86 heavy (non-hydrogen) atoms. The quantitative estimate of drug-likeness (QED) is 0.0193. The highest BCUT2D eigenvalue weighted by Crippen LogP contribution is 2.20. The molecule has 0 aliphatic heterocycles. The summed E-state index contributed by atoms with van der Waals surface area (Å²) in [4.78, 5) is 67.0. The number of unbranched alkanes of at least 4 members (excludes halogenated alkanes) is 32. The minimum absolute atomic E-state index is 0.0751. The predicted octanol–water partition coefficient (Wildman–Crippen LogP) is 22.7. The average molecular weight is 1200 g/mol. The largest absolute Gasteiger partial charge is 0.462 e. The van der Waals surface area contributed by atoms with Crippen molar-refractivity contribution in [3.8, 4) is 0 Å². The first-order chi connectivity index (χ1) is 42.3. The number of aldehydes is 1. The summed E-state index contributed by atoms with van der Waals surface area (Å²) >= 11 is 0. The van der Waals surface area contributed by atoms with Crippen molar-refractivity contribution in [1.29, 1.82) is 0 Å². The van der Waals surface area contributed by atoms with Gasteiger partial charge in [-0.15, -0.1) is 0 Å². The van der Waals surface area contributed by atoms with Gasteiger partial charge in [0.2, 0.25) is 0 Å². The molecular weight excluding hydrogens is 1070 g/mol. The van der Waals surface area contributed by atoms with E-state index in [-0.39, 0.29) is 25.7 Å². The normalized spacial score (nSPS) is 13.3. The van der Waals surface area contributed by atoms with Gasteiger partial charge in [0, 0.05) is 25.7 Å². The number of ether oxygens (including phenoxy) is 4. The topological polar surface area (TPSA) is 122 Å². The van der Waals surface area contributed by atoms with E-state index in [1.807, 2.05) is 0 Å². The fraction of sp³-hybridized carbons (Fsp3) is 0.727. The van der Waals surface area contributed by atoms with Crippen molar-refractivity contribution in [2.24, 2.45) is 0 Å². The number of carbonyl (C=O) groups excluding carboxylic acids is 5. The van der Waals surface area contributed by atoms with Crippen molar-refractivity contribution in [2.75, 3.05) is 6.61 Å². The maximum Gasteiger partial charge on any atom is 0.306 e. The molecule has 0 rings (SSSR count). The molecule has 3 atom stereocenters. The highest BCUT2D eigenvalue weighted by molar-refractivity contribution is 5.75. The molecule has 0 heterocycles. The van der Waals surface area contributed by atoms with Gasteiger partial charge in [0.1, 0.15) is 6.61 Å². The maximum absolute atomic E-state index is 13.7. The first kappa shape index (κ1) is 81.5. The van der Waals surface area contributed by atoms with E-state index in [4.69, 9.17) is 18.9 Å². The summed E-state index contributed by atoms with van der Waals surface area (Å²) in [6.45, 7) is 8.46. The van der Waals surface area contributed by atoms with Crippen LogP contribution in [-0.4, -0.2) is 55.1 Å². The Morgan fingerprint density at radius 1 is 0.279 bits per heavy atom. The van der Waals surface area contributed by atoms with Crippen molar-refractivity contribution >= 4 is 30.2 Å². The zero-order chi connectivity index (χ0) is 62.5. The molecule has 9 nitrogen and oxygen atoms in total. The molecule has 0 aromatic carbocycles. The average Bonchev–Trinajstić information content (AvgIpc) is 3.64. The van der Waals surface area contributed by atoms with Gasteiger partial charge >= 0.3 is 23.9 Å². The van der Waals surface area contributed by atoms with Crippen LogP contribution in [0.5, 0.6) is 0 Å². The molecule has 0 aromatic rings. The summed E-state index contributed by atoms with van der Waals surface area (Å²) in [5.74, 6) is -2.22. The fourth-order valence-electron chi connectivity index (χ4n) is 9.94. The van der Waals surface area contributed by atoms with Gasteiger partial charge in [0.05, 0.1) is 0 Å². The first-order valence-electron chi connectivity index (χ1n) is 35.7. The van der Waals surface area contributed by atoms with Crippen LogP contribution in [0.15, 0.2) is 97.2 Å². The zero-order valence-corrected chi connectivity index (χ0v) is 55.9. The van der Waals surface area contributed by atoms with E-state index in [9.17, 15) is 24.0 Å². The number of hydrogen-bond donors (Lipinski definition) is 0. The first-order valence-corrected chi connectivity index (χ1v) is 35.7. The molecule has 0 saturated heterocycles. The van der Waals surface area contributed by atoms with Crippen LogP contribution in [0, 0.1) is 0 Å². The Bertz CT molecular complexity index is 1800. The second kappa shape index (κ2) is 68.0. The van der Waals surface area contributed by atoms with Gasteiger partial charge in [0.25, 0.3) is 0 Å². The summed E-state index contributed by atoms with van der Waals surface area (Å²) in [7, 11) is 0. The van der Waals surface area contributed by atoms with Crippen molar-refractivity contribution in [1.82, 2.24) is 0 Å². The third kappa shape index (κ3) is 59.8. The van der Waals surface area contributed by atoms with Crippen LogP contribution >= 0.6 is 0 Å². The molecule has 0 bridgehead atoms. The lowest BCUT2D eigenvalue weighted by Crippen LogP contribution is -2.48. The van der Waals surface area contributed by atoms with Crippen LogP contribution < -0.4 is 0 Å². The molecule has 0 aliphatic carbocycles. The van der Waals surface area contributed by atoms with Gasteiger partial charge < -0.3 is 18.9 Å². The maximum atomic E-state index is 13.7. The predicted molar refractivity (Wildman–Crippen MR) is 364 cm³/mol. The lowest BCUT2D eigenvalue weighted by molar-refractivity contribution is -0.191. The molecule has 0 radical (unpaired) electrons. The highest BCUT2D eigenvalue weighted by atomic mass is 16.6. The van der Waals surface area contributed by atoms with E-state index in [1.165, 1.54) is 77.0 Å². The summed E-state index contributed by atoms with van der Waals surface area (Å²) < 4.78 is 23.6. The van der Waals surface area contributed by atoms with Crippen molar-refractivity contribution < 1.29 is 42.9 Å². The Kier molecular flexibility index (Phi) is 64.4. The molecule has 0 saturated carbocycles. The monoisotopic (exact) mass is 1200 g/mol. The van der Waals surface area contributed by atoms with Gasteiger partial charge in [-0.25, -0.2) is 0 Å². The highest BCUT2D eigenvalue weighted by Gasteiger charge is 2.39. The summed E-state index contributed by atoms with van der Waals surface area (Å²) in [5.41, 5.74) is 0. The van der Waals surface area contributed by atoms with Crippen LogP contribution in [0.4, 0.5) is 0 Å². The number of carbonyl (C=O) groups is 5. The summed E-state index contributed by atoms with van der Waals surface area (Å²) in [6.07, 6.45) is 78.4. The van der Waals surface area contributed by atoms with Gasteiger partial charge in [-0.2, -0.15) is 0 Å². The second-order valence-electron chi connectivity index (χ2n) is 23.7. The number of esters is 4. The van der Waals surface area contributed by atoms with Crippen molar-refractivity contribution in [3.05, 3.63) is 97.2 Å². The van der Waals surface area contributed by atoms with Gasteiger partial charge in [-0.3, -0.25) is 24.0 Å². The molecule has 0 fully saturated rings. The number of rotatable bonds is 64. The molecule has 9 heteroatoms. The van der Waals surface area contributed by atoms with Crippen LogP contribution in [-0.2, 0) is 42.9 Å². The van der Waals surface area contributed by atoms with Crippen LogP contribution in [0.2, 0.25) is 0 Å². The third-order valence-corrected chi connectivity index (χ3v) is 15.4. The van der Waals surface area contributed by atoms with Crippen LogP contribution in [0.25, 0.3) is 0 Å². The Labute approximate surface area is 528 Å². The SMILES string of the molecule is CCCCCC=CCC=CCCCCCCCC(=O)OC[C@@H](OC(=O)CCCCCCCC=CCC=CCCCCC)[C@H](OC(=O)CCCCCCCC=CCC=CCCCCC)[C@H](C=O)OC(=O)CCCCCCCC=CCC=CCCCCC. The summed E-state index contributed by atoms with van der Waals surface area (Å²) in [6, 6.07) is 0. The molecule has 0 spiro atoms. The molecular formula is C77H130O9. The Balaban J connectivity index is 5.78. The molecule has 0 unspecified atom stereocenters. The smallest absolute Gasteiger partial charge is 0.306 e. The van der Waals surface area contributed by atoms with Crippen LogP contribution in [0.3, 0.4) is 0 Å². The van der Waals surface area contributed by atoms with Crippen LogP contribution in [0.1, 0.15) is 336 Å². The zero-order valence-electron chi connectivity index (χ0n) is 55.9. The fourth-order valence-corrected chi connectivity index (χ4v) is 9.94. The minimum atomic E-state index is -1.57. The van der Waals surface area contributed by atoms with E-state index in [1.54, 1.807) is 0 Å². The lowest BCUT2D eigenvalue weighted by Gasteiger charge is -2.30. The third-order valence-electron chi connectivity index (χ3n) is 15.4. The Morgan fingerprint density at radius 3 is 0.814 bits per heavy atom. The second-order valence-corrected chi connectivity index (χ2v) is 23.7. The van der Waals surface area contributed by atoms with Gasteiger partial charge in [0.15, 0.2) is 24.6 Å². The van der Waals surface area contributed by atoms with E-state index in [0.29, 0.717) is 32.0 Å². The number of allylic oxidation sites excluding steroid dienone is 16. The van der Waals surface area contributed by atoms with Crippen molar-refractivity contribution in [3.63, 3.8) is 0 Å². The summed E-state index contributed by atoms with van der Waals surface area (Å²) in [5, 5.41) is 0. The molecule has 0 aliphatic rings. The Morgan fingerprint density at radius 2 is 0.523 bits per heavy atom. The van der Waals surface area contributed by atoms with E-state index < -0.39 is 48.8 Å². The molecule has 492 valence electrons. The van der Waals surface area contributed by atoms with Gasteiger partial charge in [-0.1, -0.05) is 253 Å².